The Kier molecular flexibility index (Phi) is 4.94. The second kappa shape index (κ2) is 6.70. The van der Waals surface area contributed by atoms with Crippen LogP contribution in [0.25, 0.3) is 0 Å². The fourth-order valence-corrected chi connectivity index (χ4v) is 2.38. The van der Waals surface area contributed by atoms with Gasteiger partial charge in [0.25, 0.3) is 0 Å². The maximum Gasteiger partial charge on any atom is 0.126 e. The Morgan fingerprint density at radius 2 is 1.57 bits per heavy atom. The summed E-state index contributed by atoms with van der Waals surface area (Å²) in [4.78, 5) is 0. The molecule has 0 saturated heterocycles. The lowest BCUT2D eigenvalue weighted by atomic mass is 10.00. The number of hydrogen-bond donors (Lipinski definition) is 1. The van der Waals surface area contributed by atoms with E-state index in [1.807, 2.05) is 0 Å². The maximum absolute atomic E-state index is 10.6. The van der Waals surface area contributed by atoms with Crippen LogP contribution in [0, 0.1) is 0 Å². The van der Waals surface area contributed by atoms with Gasteiger partial charge in [0.15, 0.2) is 0 Å². The van der Waals surface area contributed by atoms with Crippen LogP contribution in [0.1, 0.15) is 17.2 Å². The molecule has 4 nitrogen and oxygen atoms in total. The largest absolute Gasteiger partial charge is 0.497 e. The molecule has 2 aromatic carbocycles. The first-order valence-corrected chi connectivity index (χ1v) is 6.72. The van der Waals surface area contributed by atoms with Crippen molar-refractivity contribution in [3.05, 3.63) is 52.5 Å². The van der Waals surface area contributed by atoms with Gasteiger partial charge in [-0.1, -0.05) is 17.7 Å². The summed E-state index contributed by atoms with van der Waals surface area (Å²) in [5.41, 5.74) is 1.12. The highest BCUT2D eigenvalue weighted by atomic mass is 35.5. The summed E-state index contributed by atoms with van der Waals surface area (Å²) in [6.07, 6.45) is -0.947. The number of rotatable bonds is 5. The van der Waals surface area contributed by atoms with E-state index >= 15 is 0 Å². The minimum Gasteiger partial charge on any atom is -0.497 e. The van der Waals surface area contributed by atoms with Gasteiger partial charge in [-0.15, -0.1) is 0 Å². The zero-order valence-corrected chi connectivity index (χ0v) is 12.8. The molecule has 0 fully saturated rings. The van der Waals surface area contributed by atoms with Crippen LogP contribution >= 0.6 is 11.6 Å². The van der Waals surface area contributed by atoms with Gasteiger partial charge in [0, 0.05) is 11.6 Å². The molecule has 0 aliphatic carbocycles. The third-order valence-electron chi connectivity index (χ3n) is 3.20. The van der Waals surface area contributed by atoms with Crippen LogP contribution in [0.15, 0.2) is 36.4 Å². The third kappa shape index (κ3) is 3.23. The van der Waals surface area contributed by atoms with Crippen LogP contribution in [0.3, 0.4) is 0 Å². The van der Waals surface area contributed by atoms with Crippen LogP contribution in [0.4, 0.5) is 0 Å². The molecule has 2 rings (SSSR count). The van der Waals surface area contributed by atoms with Gasteiger partial charge in [0.2, 0.25) is 0 Å². The molecule has 1 N–H and O–H groups in total. The minimum atomic E-state index is -0.947. The zero-order valence-electron chi connectivity index (χ0n) is 12.1. The van der Waals surface area contributed by atoms with Crippen molar-refractivity contribution in [3.63, 3.8) is 0 Å². The molecule has 0 saturated carbocycles. The molecule has 1 unspecified atom stereocenters. The molecule has 0 bridgehead atoms. The molecule has 0 spiro atoms. The molecule has 0 amide bonds. The SMILES string of the molecule is COc1cc(OC)cc(C(O)c2c(Cl)cccc2OC)c1. The van der Waals surface area contributed by atoms with Crippen molar-refractivity contribution in [1.29, 1.82) is 0 Å². The molecular weight excluding hydrogens is 292 g/mol. The number of benzene rings is 2. The molecular formula is C16H17ClO4. The van der Waals surface area contributed by atoms with Crippen LogP contribution in [-0.2, 0) is 0 Å². The number of hydrogen-bond acceptors (Lipinski definition) is 4. The molecule has 0 heterocycles. The summed E-state index contributed by atoms with van der Waals surface area (Å²) in [5.74, 6) is 1.71. The summed E-state index contributed by atoms with van der Waals surface area (Å²) in [6, 6.07) is 10.4. The monoisotopic (exact) mass is 308 g/mol. The minimum absolute atomic E-state index is 0.434. The van der Waals surface area contributed by atoms with E-state index in [1.165, 1.54) is 7.11 Å². The molecule has 1 atom stereocenters. The second-order valence-electron chi connectivity index (χ2n) is 4.40. The van der Waals surface area contributed by atoms with E-state index in [-0.39, 0.29) is 0 Å². The van der Waals surface area contributed by atoms with Crippen LogP contribution in [-0.4, -0.2) is 26.4 Å². The number of methoxy groups -OCH3 is 3. The van der Waals surface area contributed by atoms with Crippen molar-refractivity contribution in [3.8, 4) is 17.2 Å². The van der Waals surface area contributed by atoms with Crippen molar-refractivity contribution in [2.45, 2.75) is 6.10 Å². The lowest BCUT2D eigenvalue weighted by molar-refractivity contribution is 0.213. The van der Waals surface area contributed by atoms with Crippen molar-refractivity contribution in [2.24, 2.45) is 0 Å². The van der Waals surface area contributed by atoms with E-state index in [0.29, 0.717) is 33.4 Å². The highest BCUT2D eigenvalue weighted by Crippen LogP contribution is 2.37. The average molecular weight is 309 g/mol. The normalized spacial score (nSPS) is 11.9. The highest BCUT2D eigenvalue weighted by Gasteiger charge is 2.20. The molecule has 21 heavy (non-hydrogen) atoms. The summed E-state index contributed by atoms with van der Waals surface area (Å²) in [5, 5.41) is 11.1. The predicted molar refractivity (Wildman–Crippen MR) is 81.6 cm³/mol. The van der Waals surface area contributed by atoms with Gasteiger partial charge < -0.3 is 19.3 Å². The molecule has 2 aromatic rings. The van der Waals surface area contributed by atoms with E-state index in [9.17, 15) is 5.11 Å². The van der Waals surface area contributed by atoms with Gasteiger partial charge in [-0.2, -0.15) is 0 Å². The van der Waals surface area contributed by atoms with Crippen molar-refractivity contribution in [1.82, 2.24) is 0 Å². The van der Waals surface area contributed by atoms with E-state index in [0.717, 1.165) is 0 Å². The Balaban J connectivity index is 2.51. The van der Waals surface area contributed by atoms with Gasteiger partial charge in [-0.25, -0.2) is 0 Å². The van der Waals surface area contributed by atoms with E-state index in [4.69, 9.17) is 25.8 Å². The molecule has 0 aliphatic heterocycles. The summed E-state index contributed by atoms with van der Waals surface area (Å²) < 4.78 is 15.7. The Labute approximate surface area is 128 Å². The van der Waals surface area contributed by atoms with Gasteiger partial charge in [0.05, 0.1) is 26.4 Å². The summed E-state index contributed by atoms with van der Waals surface area (Å²) in [6.45, 7) is 0. The highest BCUT2D eigenvalue weighted by molar-refractivity contribution is 6.31. The molecule has 0 aliphatic rings. The fourth-order valence-electron chi connectivity index (χ4n) is 2.11. The number of ether oxygens (including phenoxy) is 3. The van der Waals surface area contributed by atoms with E-state index in [2.05, 4.69) is 0 Å². The third-order valence-corrected chi connectivity index (χ3v) is 3.53. The first-order valence-electron chi connectivity index (χ1n) is 6.34. The van der Waals surface area contributed by atoms with Crippen LogP contribution < -0.4 is 14.2 Å². The average Bonchev–Trinajstić information content (AvgIpc) is 2.53. The van der Waals surface area contributed by atoms with Crippen LogP contribution in [0.5, 0.6) is 17.2 Å². The molecule has 5 heteroatoms. The van der Waals surface area contributed by atoms with Crippen molar-refractivity contribution in [2.75, 3.05) is 21.3 Å². The zero-order chi connectivity index (χ0) is 15.4. The van der Waals surface area contributed by atoms with E-state index < -0.39 is 6.10 Å². The van der Waals surface area contributed by atoms with Crippen molar-refractivity contribution >= 4 is 11.6 Å². The van der Waals surface area contributed by atoms with Gasteiger partial charge in [0.1, 0.15) is 23.4 Å². The molecule has 112 valence electrons. The van der Waals surface area contributed by atoms with Crippen molar-refractivity contribution < 1.29 is 19.3 Å². The molecule has 0 radical (unpaired) electrons. The number of halogens is 1. The van der Waals surface area contributed by atoms with Gasteiger partial charge in [-0.05, 0) is 29.8 Å². The van der Waals surface area contributed by atoms with Crippen LogP contribution in [0.2, 0.25) is 5.02 Å². The van der Waals surface area contributed by atoms with Gasteiger partial charge in [-0.3, -0.25) is 0 Å². The van der Waals surface area contributed by atoms with Gasteiger partial charge >= 0.3 is 0 Å². The number of aliphatic hydroxyl groups is 1. The summed E-state index contributed by atoms with van der Waals surface area (Å²) in [7, 11) is 4.65. The Morgan fingerprint density at radius 3 is 2.10 bits per heavy atom. The first-order chi connectivity index (χ1) is 10.1. The lowest BCUT2D eigenvalue weighted by Crippen LogP contribution is -2.04. The van der Waals surface area contributed by atoms with E-state index in [1.54, 1.807) is 50.6 Å². The number of aliphatic hydroxyl groups excluding tert-OH is 1. The standard InChI is InChI=1S/C16H17ClO4/c1-19-11-7-10(8-12(9-11)20-2)16(18)15-13(17)5-4-6-14(15)21-3/h4-9,16,18H,1-3H3. The Hall–Kier alpha value is -1.91. The second-order valence-corrected chi connectivity index (χ2v) is 4.81. The Morgan fingerprint density at radius 1 is 0.952 bits per heavy atom. The predicted octanol–water partition coefficient (Wildman–Crippen LogP) is 3.45. The quantitative estimate of drug-likeness (QED) is 0.919. The maximum atomic E-state index is 10.6. The topological polar surface area (TPSA) is 47.9 Å². The Bertz CT molecular complexity index is 605. The molecule has 0 aromatic heterocycles. The summed E-state index contributed by atoms with van der Waals surface area (Å²) >= 11 is 6.20. The fraction of sp³-hybridized carbons (Fsp3) is 0.250. The smallest absolute Gasteiger partial charge is 0.126 e. The first kappa shape index (κ1) is 15.5. The lowest BCUT2D eigenvalue weighted by Gasteiger charge is -2.18.